The van der Waals surface area contributed by atoms with Gasteiger partial charge in [0.2, 0.25) is 11.1 Å². The highest BCUT2D eigenvalue weighted by Gasteiger charge is 2.16. The number of carboxylic acid groups (broad SMARTS) is 1. The van der Waals surface area contributed by atoms with Crippen LogP contribution in [0, 0.1) is 0 Å². The highest BCUT2D eigenvalue weighted by Crippen LogP contribution is 2.24. The van der Waals surface area contributed by atoms with Gasteiger partial charge in [0.05, 0.1) is 5.69 Å². The molecule has 20 heavy (non-hydrogen) atoms. The molecule has 0 aliphatic carbocycles. The van der Waals surface area contributed by atoms with Crippen LogP contribution in [0.25, 0.3) is 5.69 Å². The number of carbonyl (C=O) groups is 1. The lowest BCUT2D eigenvalue weighted by Gasteiger charge is -2.10. The molecule has 1 N–H and O–H groups in total. The van der Waals surface area contributed by atoms with Crippen LogP contribution in [0.4, 0.5) is 0 Å². The van der Waals surface area contributed by atoms with Gasteiger partial charge in [-0.25, -0.2) is 9.48 Å². The van der Waals surface area contributed by atoms with Gasteiger partial charge in [-0.2, -0.15) is 5.10 Å². The van der Waals surface area contributed by atoms with E-state index in [2.05, 4.69) is 37.0 Å². The Bertz CT molecular complexity index is 741. The highest BCUT2D eigenvalue weighted by atomic mass is 79.9. The summed E-state index contributed by atoms with van der Waals surface area (Å²) in [4.78, 5) is 23.0. The molecule has 1 heterocycles. The van der Waals surface area contributed by atoms with E-state index >= 15 is 0 Å². The number of aromatic nitrogens is 2. The second-order valence-electron chi connectivity index (χ2n) is 4.03. The van der Waals surface area contributed by atoms with Crippen LogP contribution in [-0.4, -0.2) is 20.9 Å². The van der Waals surface area contributed by atoms with Crippen molar-refractivity contribution in [3.63, 3.8) is 0 Å². The van der Waals surface area contributed by atoms with Crippen molar-refractivity contribution in [2.24, 2.45) is 0 Å². The van der Waals surface area contributed by atoms with Crippen molar-refractivity contribution in [2.75, 3.05) is 0 Å². The van der Waals surface area contributed by atoms with Crippen LogP contribution >= 0.6 is 31.9 Å². The molecule has 0 saturated carbocycles. The summed E-state index contributed by atoms with van der Waals surface area (Å²) in [6.45, 7) is 1.79. The summed E-state index contributed by atoms with van der Waals surface area (Å²) in [5, 5.41) is 13.0. The van der Waals surface area contributed by atoms with E-state index in [-0.39, 0.29) is 0 Å². The molecule has 0 aliphatic rings. The number of aromatic carboxylic acids is 1. The van der Waals surface area contributed by atoms with Gasteiger partial charge in [0.15, 0.2) is 0 Å². The Morgan fingerprint density at radius 2 is 2.10 bits per heavy atom. The van der Waals surface area contributed by atoms with Gasteiger partial charge in [-0.3, -0.25) is 4.79 Å². The van der Waals surface area contributed by atoms with Crippen LogP contribution in [0.3, 0.4) is 0 Å². The lowest BCUT2D eigenvalue weighted by Crippen LogP contribution is -2.24. The maximum Gasteiger partial charge on any atom is 0.360 e. The zero-order valence-electron chi connectivity index (χ0n) is 10.4. The summed E-state index contributed by atoms with van der Waals surface area (Å²) in [7, 11) is 0. The number of rotatable bonds is 3. The molecule has 5 nitrogen and oxygen atoms in total. The third-order valence-corrected chi connectivity index (χ3v) is 3.89. The Balaban J connectivity index is 2.75. The molecular formula is C13H10Br2N2O3. The molecule has 0 saturated heterocycles. The number of carboxylic acids is 1. The van der Waals surface area contributed by atoms with Gasteiger partial charge in [0, 0.05) is 20.7 Å². The van der Waals surface area contributed by atoms with E-state index < -0.39 is 17.1 Å². The first-order chi connectivity index (χ1) is 9.43. The predicted octanol–water partition coefficient (Wildman–Crippen LogP) is 3.02. The third-order valence-electron chi connectivity index (χ3n) is 2.73. The minimum Gasteiger partial charge on any atom is -0.476 e. The van der Waals surface area contributed by atoms with Crippen molar-refractivity contribution in [1.29, 1.82) is 0 Å². The molecule has 0 atom stereocenters. The summed E-state index contributed by atoms with van der Waals surface area (Å²) >= 11 is 6.74. The molecule has 0 bridgehead atoms. The fourth-order valence-electron chi connectivity index (χ4n) is 1.72. The summed E-state index contributed by atoms with van der Waals surface area (Å²) in [5.41, 5.74) is 0.0412. The number of hydrogen-bond donors (Lipinski definition) is 1. The van der Waals surface area contributed by atoms with E-state index in [0.29, 0.717) is 17.7 Å². The number of halogens is 2. The molecule has 0 unspecified atom stereocenters. The number of hydrogen-bond acceptors (Lipinski definition) is 3. The van der Waals surface area contributed by atoms with Gasteiger partial charge >= 0.3 is 5.97 Å². The normalized spacial score (nSPS) is 10.6. The fraction of sp³-hybridized carbons (Fsp3) is 0.154. The summed E-state index contributed by atoms with van der Waals surface area (Å²) in [6, 6.07) is 5.44. The molecule has 0 amide bonds. The molecule has 0 fully saturated rings. The molecule has 104 valence electrons. The van der Waals surface area contributed by atoms with Gasteiger partial charge < -0.3 is 5.11 Å². The number of aryl methyl sites for hydroxylation is 1. The van der Waals surface area contributed by atoms with E-state index in [0.717, 1.165) is 8.95 Å². The molecule has 2 aromatic rings. The molecule has 1 aromatic heterocycles. The van der Waals surface area contributed by atoms with Crippen LogP contribution in [0.2, 0.25) is 0 Å². The Kier molecular flexibility index (Phi) is 4.39. The Morgan fingerprint density at radius 3 is 2.70 bits per heavy atom. The summed E-state index contributed by atoms with van der Waals surface area (Å²) < 4.78 is 2.97. The first-order valence-electron chi connectivity index (χ1n) is 5.75. The van der Waals surface area contributed by atoms with Crippen LogP contribution in [0.1, 0.15) is 23.0 Å². The van der Waals surface area contributed by atoms with E-state index in [1.165, 1.54) is 4.68 Å². The maximum absolute atomic E-state index is 11.9. The van der Waals surface area contributed by atoms with Gasteiger partial charge in [0.1, 0.15) is 0 Å². The zero-order chi connectivity index (χ0) is 14.9. The monoisotopic (exact) mass is 400 g/mol. The lowest BCUT2D eigenvalue weighted by atomic mass is 10.2. The largest absolute Gasteiger partial charge is 0.476 e. The second kappa shape index (κ2) is 5.88. The number of nitrogens with zero attached hydrogens (tertiary/aromatic N) is 2. The Morgan fingerprint density at radius 1 is 1.40 bits per heavy atom. The highest BCUT2D eigenvalue weighted by molar-refractivity contribution is 9.11. The minimum atomic E-state index is -1.33. The minimum absolute atomic E-state index is 0.407. The third kappa shape index (κ3) is 2.83. The molecular weight excluding hydrogens is 392 g/mol. The standard InChI is InChI=1S/C13H10Br2N2O3/c1-2-7-6-17(16-11(12(7)18)13(19)20)10-5-8(14)3-4-9(10)15/h3-6H,2H2,1H3,(H,19,20). The fourth-order valence-corrected chi connectivity index (χ4v) is 2.49. The Labute approximate surface area is 131 Å². The van der Waals surface area contributed by atoms with Crippen molar-refractivity contribution in [1.82, 2.24) is 9.78 Å². The first-order valence-corrected chi connectivity index (χ1v) is 7.34. The summed E-state index contributed by atoms with van der Waals surface area (Å²) in [5.74, 6) is -1.33. The Hall–Kier alpha value is -1.47. The predicted molar refractivity (Wildman–Crippen MR) is 81.6 cm³/mol. The van der Waals surface area contributed by atoms with E-state index in [1.54, 1.807) is 19.2 Å². The molecule has 2 rings (SSSR count). The van der Waals surface area contributed by atoms with Gasteiger partial charge in [-0.1, -0.05) is 22.9 Å². The van der Waals surface area contributed by atoms with E-state index in [9.17, 15) is 9.59 Å². The van der Waals surface area contributed by atoms with Crippen LogP contribution in [0.15, 0.2) is 38.1 Å². The summed E-state index contributed by atoms with van der Waals surface area (Å²) in [6.07, 6.45) is 1.99. The molecule has 0 radical (unpaired) electrons. The van der Waals surface area contributed by atoms with Gasteiger partial charge in [-0.05, 0) is 40.5 Å². The molecule has 1 aromatic carbocycles. The van der Waals surface area contributed by atoms with Crippen LogP contribution in [-0.2, 0) is 6.42 Å². The smallest absolute Gasteiger partial charge is 0.360 e. The van der Waals surface area contributed by atoms with E-state index in [1.807, 2.05) is 12.1 Å². The number of benzene rings is 1. The van der Waals surface area contributed by atoms with Gasteiger partial charge in [-0.15, -0.1) is 0 Å². The molecule has 0 spiro atoms. The van der Waals surface area contributed by atoms with Crippen molar-refractivity contribution in [3.8, 4) is 5.69 Å². The van der Waals surface area contributed by atoms with Crippen LogP contribution < -0.4 is 5.43 Å². The van der Waals surface area contributed by atoms with Crippen molar-refractivity contribution < 1.29 is 9.90 Å². The molecule has 0 aliphatic heterocycles. The maximum atomic E-state index is 11.9. The first kappa shape index (κ1) is 14.9. The quantitative estimate of drug-likeness (QED) is 0.857. The second-order valence-corrected chi connectivity index (χ2v) is 5.80. The zero-order valence-corrected chi connectivity index (χ0v) is 13.6. The van der Waals surface area contributed by atoms with Crippen molar-refractivity contribution in [3.05, 3.63) is 54.8 Å². The van der Waals surface area contributed by atoms with Crippen molar-refractivity contribution in [2.45, 2.75) is 13.3 Å². The van der Waals surface area contributed by atoms with E-state index in [4.69, 9.17) is 5.11 Å². The average molecular weight is 402 g/mol. The SMILES string of the molecule is CCc1cn(-c2cc(Br)ccc2Br)nc(C(=O)O)c1=O. The van der Waals surface area contributed by atoms with Crippen molar-refractivity contribution >= 4 is 37.8 Å². The van der Waals surface area contributed by atoms with Crippen LogP contribution in [0.5, 0.6) is 0 Å². The molecule has 7 heteroatoms. The average Bonchev–Trinajstić information content (AvgIpc) is 2.41. The van der Waals surface area contributed by atoms with Gasteiger partial charge in [0.25, 0.3) is 0 Å². The topological polar surface area (TPSA) is 72.2 Å². The lowest BCUT2D eigenvalue weighted by molar-refractivity contribution is 0.0686.